The Balaban J connectivity index is 1.28. The van der Waals surface area contributed by atoms with Crippen LogP contribution in [0, 0.1) is 0 Å². The molecular formula is C22H18N4O3S. The molecule has 8 heteroatoms. The highest BCUT2D eigenvalue weighted by Crippen LogP contribution is 2.26. The molecule has 4 aromatic rings. The zero-order chi connectivity index (χ0) is 20.7. The van der Waals surface area contributed by atoms with E-state index in [9.17, 15) is 14.4 Å². The van der Waals surface area contributed by atoms with Gasteiger partial charge in [-0.1, -0.05) is 41.7 Å². The molecule has 2 amide bonds. The average Bonchev–Trinajstić information content (AvgIpc) is 3.36. The van der Waals surface area contributed by atoms with Crippen molar-refractivity contribution in [1.82, 2.24) is 19.2 Å². The number of thiazole rings is 1. The highest BCUT2D eigenvalue weighted by Gasteiger charge is 2.30. The van der Waals surface area contributed by atoms with Crippen LogP contribution in [0.1, 0.15) is 20.8 Å². The van der Waals surface area contributed by atoms with Gasteiger partial charge >= 0.3 is 0 Å². The lowest BCUT2D eigenvalue weighted by atomic mass is 10.1. The van der Waals surface area contributed by atoms with Gasteiger partial charge in [0.2, 0.25) is 0 Å². The molecule has 30 heavy (non-hydrogen) atoms. The van der Waals surface area contributed by atoms with Gasteiger partial charge in [0.25, 0.3) is 17.6 Å². The third-order valence-electron chi connectivity index (χ3n) is 5.30. The van der Waals surface area contributed by atoms with Crippen molar-refractivity contribution in [3.05, 3.63) is 72.1 Å². The Morgan fingerprint density at radius 1 is 0.833 bits per heavy atom. The van der Waals surface area contributed by atoms with Crippen LogP contribution in [0.5, 0.6) is 0 Å². The standard InChI is InChI=1S/C22H18N4O3S/c27-19(16-14-26-17-8-4-5-9-18(17)30-22(26)23-16)21(29)25-12-10-24(11-13-25)20(28)15-6-2-1-3-7-15/h1-9,14H,10-13H2. The van der Waals surface area contributed by atoms with Gasteiger partial charge in [0.1, 0.15) is 5.69 Å². The topological polar surface area (TPSA) is 75.0 Å². The highest BCUT2D eigenvalue weighted by molar-refractivity contribution is 7.23. The van der Waals surface area contributed by atoms with E-state index in [1.54, 1.807) is 23.2 Å². The zero-order valence-corrected chi connectivity index (χ0v) is 16.8. The fourth-order valence-electron chi connectivity index (χ4n) is 3.69. The number of amides is 2. The third-order valence-corrected chi connectivity index (χ3v) is 6.34. The zero-order valence-electron chi connectivity index (χ0n) is 16.0. The van der Waals surface area contributed by atoms with Crippen LogP contribution in [0.3, 0.4) is 0 Å². The Morgan fingerprint density at radius 3 is 2.27 bits per heavy atom. The molecule has 0 unspecified atom stereocenters. The van der Waals surface area contributed by atoms with Gasteiger partial charge in [-0.3, -0.25) is 18.8 Å². The molecule has 5 rings (SSSR count). The minimum atomic E-state index is -0.613. The van der Waals surface area contributed by atoms with E-state index >= 15 is 0 Å². The number of aromatic nitrogens is 2. The van der Waals surface area contributed by atoms with Crippen molar-refractivity contribution in [2.45, 2.75) is 0 Å². The van der Waals surface area contributed by atoms with Crippen molar-refractivity contribution in [2.24, 2.45) is 0 Å². The Labute approximate surface area is 176 Å². The Morgan fingerprint density at radius 2 is 1.50 bits per heavy atom. The van der Waals surface area contributed by atoms with E-state index < -0.39 is 11.7 Å². The third kappa shape index (κ3) is 3.15. The molecular weight excluding hydrogens is 400 g/mol. The smallest absolute Gasteiger partial charge is 0.296 e. The van der Waals surface area contributed by atoms with Crippen molar-refractivity contribution in [3.63, 3.8) is 0 Å². The number of ketones is 1. The van der Waals surface area contributed by atoms with Gasteiger partial charge in [-0.05, 0) is 24.3 Å². The summed E-state index contributed by atoms with van der Waals surface area (Å²) in [4.78, 5) is 46.3. The number of hydrogen-bond donors (Lipinski definition) is 0. The number of carbonyl (C=O) groups is 3. The van der Waals surface area contributed by atoms with Crippen molar-refractivity contribution >= 4 is 44.1 Å². The van der Waals surface area contributed by atoms with E-state index in [1.165, 1.54) is 16.2 Å². The fraction of sp³-hybridized carbons (Fsp3) is 0.182. The summed E-state index contributed by atoms with van der Waals surface area (Å²) in [6, 6.07) is 16.9. The number of piperazine rings is 1. The number of carbonyl (C=O) groups excluding carboxylic acids is 3. The predicted octanol–water partition coefficient (Wildman–Crippen LogP) is 2.72. The summed E-state index contributed by atoms with van der Waals surface area (Å²) in [6.45, 7) is 1.45. The number of rotatable bonds is 3. The molecule has 0 saturated carbocycles. The van der Waals surface area contributed by atoms with Crippen LogP contribution in [0.2, 0.25) is 0 Å². The monoisotopic (exact) mass is 418 g/mol. The molecule has 2 aromatic carbocycles. The molecule has 0 atom stereocenters. The number of benzene rings is 2. The van der Waals surface area contributed by atoms with Gasteiger partial charge < -0.3 is 9.80 Å². The largest absolute Gasteiger partial charge is 0.335 e. The van der Waals surface area contributed by atoms with Gasteiger partial charge in [0.05, 0.1) is 10.2 Å². The summed E-state index contributed by atoms with van der Waals surface area (Å²) in [7, 11) is 0. The summed E-state index contributed by atoms with van der Waals surface area (Å²) >= 11 is 1.48. The van der Waals surface area contributed by atoms with Crippen LogP contribution in [0.25, 0.3) is 15.2 Å². The second kappa shape index (κ2) is 7.38. The Hall–Kier alpha value is -3.52. The molecule has 2 aromatic heterocycles. The molecule has 1 saturated heterocycles. The Kier molecular flexibility index (Phi) is 4.55. The number of para-hydroxylation sites is 1. The Bertz CT molecular complexity index is 1270. The first kappa shape index (κ1) is 18.5. The number of Topliss-reactive ketones (excluding diaryl/α,β-unsaturated/α-hetero) is 1. The first-order valence-corrected chi connectivity index (χ1v) is 10.5. The van der Waals surface area contributed by atoms with Gasteiger partial charge in [0, 0.05) is 37.9 Å². The summed E-state index contributed by atoms with van der Waals surface area (Å²) in [5.74, 6) is -1.25. The molecule has 0 N–H and O–H groups in total. The minimum absolute atomic E-state index is 0.0600. The van der Waals surface area contributed by atoms with Crippen LogP contribution in [-0.2, 0) is 4.79 Å². The van der Waals surface area contributed by atoms with Crippen LogP contribution in [-0.4, -0.2) is 63.0 Å². The molecule has 0 bridgehead atoms. The number of fused-ring (bicyclic) bond motifs is 3. The SMILES string of the molecule is O=C(C(=O)N1CCN(C(=O)c2ccccc2)CC1)c1cn2c(n1)sc1ccccc12. The van der Waals surface area contributed by atoms with Crippen LogP contribution < -0.4 is 0 Å². The van der Waals surface area contributed by atoms with Gasteiger partial charge in [-0.25, -0.2) is 4.98 Å². The molecule has 1 aliphatic heterocycles. The van der Waals surface area contributed by atoms with Gasteiger partial charge in [-0.2, -0.15) is 0 Å². The average molecular weight is 418 g/mol. The molecule has 1 aliphatic rings. The molecule has 3 heterocycles. The van der Waals surface area contributed by atoms with E-state index in [0.29, 0.717) is 36.7 Å². The van der Waals surface area contributed by atoms with Crippen LogP contribution >= 0.6 is 11.3 Å². The fourth-order valence-corrected chi connectivity index (χ4v) is 4.69. The highest BCUT2D eigenvalue weighted by atomic mass is 32.1. The van der Waals surface area contributed by atoms with Crippen molar-refractivity contribution in [3.8, 4) is 0 Å². The predicted molar refractivity (Wildman–Crippen MR) is 114 cm³/mol. The number of nitrogens with zero attached hydrogens (tertiary/aromatic N) is 4. The molecule has 7 nitrogen and oxygen atoms in total. The van der Waals surface area contributed by atoms with Gasteiger partial charge in [-0.15, -0.1) is 0 Å². The maximum Gasteiger partial charge on any atom is 0.296 e. The minimum Gasteiger partial charge on any atom is -0.335 e. The molecule has 150 valence electrons. The number of imidazole rings is 1. The first-order valence-electron chi connectivity index (χ1n) is 9.66. The lowest BCUT2D eigenvalue weighted by Gasteiger charge is -2.34. The van der Waals surface area contributed by atoms with Crippen LogP contribution in [0.4, 0.5) is 0 Å². The van der Waals surface area contributed by atoms with Crippen molar-refractivity contribution in [2.75, 3.05) is 26.2 Å². The van der Waals surface area contributed by atoms with E-state index in [0.717, 1.165) is 10.2 Å². The van der Waals surface area contributed by atoms with Gasteiger partial charge in [0.15, 0.2) is 4.96 Å². The molecule has 0 radical (unpaired) electrons. The van der Waals surface area contributed by atoms with E-state index in [-0.39, 0.29) is 11.6 Å². The van der Waals surface area contributed by atoms with E-state index in [4.69, 9.17) is 0 Å². The van der Waals surface area contributed by atoms with Crippen molar-refractivity contribution in [1.29, 1.82) is 0 Å². The summed E-state index contributed by atoms with van der Waals surface area (Å²) in [5.41, 5.74) is 1.74. The van der Waals surface area contributed by atoms with E-state index in [1.807, 2.05) is 46.9 Å². The lowest BCUT2D eigenvalue weighted by molar-refractivity contribution is -0.127. The molecule has 0 aliphatic carbocycles. The van der Waals surface area contributed by atoms with E-state index in [2.05, 4.69) is 4.98 Å². The molecule has 0 spiro atoms. The summed E-state index contributed by atoms with van der Waals surface area (Å²) < 4.78 is 2.92. The normalized spacial score (nSPS) is 14.4. The summed E-state index contributed by atoms with van der Waals surface area (Å²) in [6.07, 6.45) is 1.63. The number of hydrogen-bond acceptors (Lipinski definition) is 5. The second-order valence-electron chi connectivity index (χ2n) is 7.13. The quantitative estimate of drug-likeness (QED) is 0.379. The lowest BCUT2D eigenvalue weighted by Crippen LogP contribution is -2.52. The summed E-state index contributed by atoms with van der Waals surface area (Å²) in [5, 5.41) is 0. The first-order chi connectivity index (χ1) is 14.6. The van der Waals surface area contributed by atoms with Crippen LogP contribution in [0.15, 0.2) is 60.8 Å². The maximum absolute atomic E-state index is 12.7. The maximum atomic E-state index is 12.7. The molecule has 1 fully saturated rings. The second-order valence-corrected chi connectivity index (χ2v) is 8.14. The van der Waals surface area contributed by atoms with Crippen molar-refractivity contribution < 1.29 is 14.4 Å².